The zero-order chi connectivity index (χ0) is 37.1. The van der Waals surface area contributed by atoms with Crippen molar-refractivity contribution < 1.29 is 47.5 Å². The molecule has 12 heteroatoms. The number of carboxylic acid groups (broad SMARTS) is 1. The minimum Gasteiger partial charge on any atom is -0.480 e. The van der Waals surface area contributed by atoms with Crippen LogP contribution < -0.4 is 5.73 Å². The fraction of sp³-hybridized carbons (Fsp3) is 0.763. The molecule has 0 saturated heterocycles. The maximum Gasteiger partial charge on any atom is 0.472 e. The number of rotatable bonds is 35. The number of unbranched alkanes of at least 4 members (excludes halogenated alkanes) is 15. The number of allylic oxidation sites excluding steroid dienone is 6. The van der Waals surface area contributed by atoms with Crippen LogP contribution in [0.3, 0.4) is 0 Å². The number of phosphoric acid groups is 1. The highest BCUT2D eigenvalue weighted by molar-refractivity contribution is 7.47. The monoisotopic (exact) mass is 729 g/mol. The Morgan fingerprint density at radius 3 is 1.64 bits per heavy atom. The van der Waals surface area contributed by atoms with Crippen molar-refractivity contribution in [2.75, 3.05) is 19.8 Å². The van der Waals surface area contributed by atoms with Crippen molar-refractivity contribution in [1.29, 1.82) is 0 Å². The van der Waals surface area contributed by atoms with E-state index in [2.05, 4.69) is 54.8 Å². The lowest BCUT2D eigenvalue weighted by atomic mass is 10.1. The van der Waals surface area contributed by atoms with E-state index in [1.165, 1.54) is 32.1 Å². The summed E-state index contributed by atoms with van der Waals surface area (Å²) in [6.07, 6.45) is 33.6. The fourth-order valence-electron chi connectivity index (χ4n) is 4.78. The molecule has 0 amide bonds. The number of hydrogen-bond donors (Lipinski definition) is 3. The van der Waals surface area contributed by atoms with E-state index in [0.29, 0.717) is 12.8 Å². The first-order valence-corrected chi connectivity index (χ1v) is 20.5. The number of phosphoric ester groups is 1. The lowest BCUT2D eigenvalue weighted by molar-refractivity contribution is -0.161. The van der Waals surface area contributed by atoms with Crippen molar-refractivity contribution >= 4 is 25.7 Å². The Morgan fingerprint density at radius 2 is 1.08 bits per heavy atom. The molecule has 0 aromatic heterocycles. The van der Waals surface area contributed by atoms with Gasteiger partial charge in [0, 0.05) is 12.8 Å². The summed E-state index contributed by atoms with van der Waals surface area (Å²) in [4.78, 5) is 45.7. The summed E-state index contributed by atoms with van der Waals surface area (Å²) < 4.78 is 32.5. The van der Waals surface area contributed by atoms with Crippen molar-refractivity contribution in [3.05, 3.63) is 36.5 Å². The summed E-state index contributed by atoms with van der Waals surface area (Å²) >= 11 is 0. The quantitative estimate of drug-likeness (QED) is 0.0246. The second-order valence-electron chi connectivity index (χ2n) is 12.7. The highest BCUT2D eigenvalue weighted by atomic mass is 31.2. The first-order chi connectivity index (χ1) is 24.1. The molecule has 0 rings (SSSR count). The number of ether oxygens (including phenoxy) is 2. The topological polar surface area (TPSA) is 172 Å². The number of hydrogen-bond acceptors (Lipinski definition) is 9. The average Bonchev–Trinajstić information content (AvgIpc) is 3.09. The zero-order valence-corrected chi connectivity index (χ0v) is 31.9. The minimum atomic E-state index is -4.71. The molecule has 0 fully saturated rings. The molecule has 0 aliphatic carbocycles. The van der Waals surface area contributed by atoms with Gasteiger partial charge in [0.2, 0.25) is 0 Å². The van der Waals surface area contributed by atoms with Crippen LogP contribution in [0.4, 0.5) is 0 Å². The van der Waals surface area contributed by atoms with Gasteiger partial charge in [0.05, 0.1) is 13.2 Å². The maximum absolute atomic E-state index is 12.5. The largest absolute Gasteiger partial charge is 0.480 e. The highest BCUT2D eigenvalue weighted by Gasteiger charge is 2.28. The molecule has 3 atom stereocenters. The Labute approximate surface area is 302 Å². The fourth-order valence-corrected chi connectivity index (χ4v) is 5.56. The van der Waals surface area contributed by atoms with E-state index in [-0.39, 0.29) is 19.4 Å². The Bertz CT molecular complexity index is 1000. The van der Waals surface area contributed by atoms with Crippen molar-refractivity contribution in [3.8, 4) is 0 Å². The molecule has 0 saturated carbocycles. The van der Waals surface area contributed by atoms with Crippen molar-refractivity contribution in [3.63, 3.8) is 0 Å². The van der Waals surface area contributed by atoms with E-state index in [4.69, 9.17) is 24.8 Å². The molecule has 0 bridgehead atoms. The molecule has 0 spiro atoms. The molecule has 0 radical (unpaired) electrons. The van der Waals surface area contributed by atoms with Crippen molar-refractivity contribution in [2.24, 2.45) is 5.73 Å². The summed E-state index contributed by atoms with van der Waals surface area (Å²) in [6, 6.07) is -1.52. The number of carboxylic acids is 1. The predicted octanol–water partition coefficient (Wildman–Crippen LogP) is 9.28. The molecule has 0 heterocycles. The van der Waals surface area contributed by atoms with Gasteiger partial charge in [-0.2, -0.15) is 0 Å². The van der Waals surface area contributed by atoms with E-state index in [1.54, 1.807) is 0 Å². The van der Waals surface area contributed by atoms with Crippen LogP contribution in [-0.4, -0.2) is 59.9 Å². The zero-order valence-electron chi connectivity index (χ0n) is 31.0. The smallest absolute Gasteiger partial charge is 0.472 e. The van der Waals surface area contributed by atoms with Gasteiger partial charge in [-0.25, -0.2) is 4.57 Å². The molecule has 4 N–H and O–H groups in total. The van der Waals surface area contributed by atoms with Gasteiger partial charge < -0.3 is 25.2 Å². The van der Waals surface area contributed by atoms with Gasteiger partial charge in [-0.15, -0.1) is 0 Å². The lowest BCUT2D eigenvalue weighted by Crippen LogP contribution is -2.34. The van der Waals surface area contributed by atoms with E-state index >= 15 is 0 Å². The predicted molar refractivity (Wildman–Crippen MR) is 199 cm³/mol. The third kappa shape index (κ3) is 32.9. The Kier molecular flexibility index (Phi) is 32.3. The maximum atomic E-state index is 12.5. The Morgan fingerprint density at radius 1 is 0.620 bits per heavy atom. The summed E-state index contributed by atoms with van der Waals surface area (Å²) in [7, 11) is -4.71. The van der Waals surface area contributed by atoms with Gasteiger partial charge in [0.25, 0.3) is 0 Å². The lowest BCUT2D eigenvalue weighted by Gasteiger charge is -2.20. The average molecular weight is 730 g/mol. The van der Waals surface area contributed by atoms with Crippen LogP contribution in [-0.2, 0) is 37.5 Å². The van der Waals surface area contributed by atoms with Crippen LogP contribution >= 0.6 is 7.82 Å². The SMILES string of the molecule is CCCC/C=C/CCCCCCCC(=O)OC[C@H](COP(=O)(O)OC[C@H](N)C(=O)O)OC(=O)CCCCCCC/C=C/C/C=C/CCCCC. The Hall–Kier alpha value is -2.30. The van der Waals surface area contributed by atoms with Crippen LogP contribution in [0.2, 0.25) is 0 Å². The first-order valence-electron chi connectivity index (χ1n) is 19.0. The van der Waals surface area contributed by atoms with E-state index in [1.807, 2.05) is 0 Å². The molecule has 0 aliphatic heterocycles. The third-order valence-electron chi connectivity index (χ3n) is 7.86. The molecular weight excluding hydrogens is 661 g/mol. The van der Waals surface area contributed by atoms with Crippen LogP contribution in [0.25, 0.3) is 0 Å². The molecule has 290 valence electrons. The van der Waals surface area contributed by atoms with Crippen LogP contribution in [0.15, 0.2) is 36.5 Å². The number of carbonyl (C=O) groups is 3. The van der Waals surface area contributed by atoms with Gasteiger partial charge in [0.15, 0.2) is 6.10 Å². The number of nitrogens with two attached hydrogens (primary N) is 1. The van der Waals surface area contributed by atoms with Crippen molar-refractivity contribution in [2.45, 2.75) is 167 Å². The number of esters is 2. The van der Waals surface area contributed by atoms with Gasteiger partial charge in [-0.05, 0) is 64.2 Å². The molecule has 0 aliphatic rings. The normalized spacial score (nSPS) is 14.3. The van der Waals surface area contributed by atoms with Gasteiger partial charge in [-0.1, -0.05) is 115 Å². The molecule has 50 heavy (non-hydrogen) atoms. The van der Waals surface area contributed by atoms with Gasteiger partial charge in [-0.3, -0.25) is 23.4 Å². The van der Waals surface area contributed by atoms with E-state index in [0.717, 1.165) is 83.5 Å². The second kappa shape index (κ2) is 33.8. The summed E-state index contributed by atoms with van der Waals surface area (Å²) in [5.41, 5.74) is 5.31. The summed E-state index contributed by atoms with van der Waals surface area (Å²) in [6.45, 7) is 2.69. The highest BCUT2D eigenvalue weighted by Crippen LogP contribution is 2.43. The number of aliphatic carboxylic acids is 1. The summed E-state index contributed by atoms with van der Waals surface area (Å²) in [5, 5.41) is 8.85. The first kappa shape index (κ1) is 47.7. The van der Waals surface area contributed by atoms with Crippen molar-refractivity contribution in [1.82, 2.24) is 0 Å². The molecule has 0 aromatic rings. The van der Waals surface area contributed by atoms with Crippen LogP contribution in [0, 0.1) is 0 Å². The van der Waals surface area contributed by atoms with Crippen LogP contribution in [0.5, 0.6) is 0 Å². The van der Waals surface area contributed by atoms with Gasteiger partial charge in [0.1, 0.15) is 12.6 Å². The minimum absolute atomic E-state index is 0.143. The van der Waals surface area contributed by atoms with E-state index < -0.39 is 51.1 Å². The van der Waals surface area contributed by atoms with E-state index in [9.17, 15) is 23.8 Å². The second-order valence-corrected chi connectivity index (χ2v) is 14.2. The molecule has 11 nitrogen and oxygen atoms in total. The van der Waals surface area contributed by atoms with Crippen LogP contribution in [0.1, 0.15) is 155 Å². The molecular formula is C38H68NO10P. The molecule has 1 unspecified atom stereocenters. The molecule has 0 aromatic carbocycles. The van der Waals surface area contributed by atoms with Gasteiger partial charge >= 0.3 is 25.7 Å². The Balaban J connectivity index is 4.48. The number of carbonyl (C=O) groups excluding carboxylic acids is 2. The third-order valence-corrected chi connectivity index (χ3v) is 8.81. The summed E-state index contributed by atoms with van der Waals surface area (Å²) in [5.74, 6) is -2.41. The standard InChI is InChI=1S/C38H68NO10P/c1-3-5-7-9-11-13-15-16-17-18-20-22-24-26-28-30-37(41)49-34(32-47-50(44,45)48-33-35(39)38(42)43)31-46-36(40)29-27-25-23-21-19-14-12-10-8-6-4-2/h10-13,16-17,34-35H,3-9,14-15,18-33,39H2,1-2H3,(H,42,43)(H,44,45)/b12-10+,13-11+,17-16+/t34-,35+/m1/s1.